The molecule has 5 heteroatoms. The maximum absolute atomic E-state index is 11.3. The van der Waals surface area contributed by atoms with Gasteiger partial charge in [-0.25, -0.2) is 0 Å². The molecule has 0 saturated heterocycles. The summed E-state index contributed by atoms with van der Waals surface area (Å²) in [6.45, 7) is 2.34. The Bertz CT molecular complexity index is 1160. The van der Waals surface area contributed by atoms with Crippen LogP contribution in [0.5, 0.6) is 0 Å². The number of benzene rings is 1. The van der Waals surface area contributed by atoms with Gasteiger partial charge in [0.2, 0.25) is 0 Å². The number of allylic oxidation sites excluding steroid dienone is 3. The number of H-pyrrole nitrogens is 1. The molecular formula is C26H31N3O2. The van der Waals surface area contributed by atoms with Gasteiger partial charge >= 0.3 is 0 Å². The number of aromatic nitrogens is 2. The average molecular weight is 418 g/mol. The first-order chi connectivity index (χ1) is 14.9. The Balaban J connectivity index is 1.38. The first-order valence-electron chi connectivity index (χ1n) is 11.7. The second-order valence-electron chi connectivity index (χ2n) is 10.3. The average Bonchev–Trinajstić information content (AvgIpc) is 3.21. The maximum Gasteiger partial charge on any atom is 0.153 e. The number of rotatable bonds is 1. The number of nitrogens with zero attached hydrogens (tertiary/aromatic N) is 1. The molecule has 1 saturated carbocycles. The zero-order valence-corrected chi connectivity index (χ0v) is 18.1. The fourth-order valence-corrected chi connectivity index (χ4v) is 6.94. The van der Waals surface area contributed by atoms with Crippen molar-refractivity contribution in [2.24, 2.45) is 17.3 Å². The van der Waals surface area contributed by atoms with Crippen molar-refractivity contribution >= 4 is 22.3 Å². The molecule has 5 atom stereocenters. The van der Waals surface area contributed by atoms with E-state index in [1.54, 1.807) is 0 Å². The van der Waals surface area contributed by atoms with Crippen LogP contribution >= 0.6 is 0 Å². The fourth-order valence-electron chi connectivity index (χ4n) is 6.94. The number of nitrogens with one attached hydrogen (secondary N) is 1. The number of nitrogen functional groups attached to an aromatic ring is 1. The molecule has 6 rings (SSSR count). The zero-order chi connectivity index (χ0) is 21.3. The van der Waals surface area contributed by atoms with Crippen LogP contribution in [0.1, 0.15) is 57.4 Å². The molecule has 0 aliphatic heterocycles. The molecule has 0 amide bonds. The first kappa shape index (κ1) is 19.3. The molecule has 162 valence electrons. The second-order valence-corrected chi connectivity index (χ2v) is 10.3. The van der Waals surface area contributed by atoms with E-state index in [1.807, 2.05) is 0 Å². The summed E-state index contributed by atoms with van der Waals surface area (Å²) in [5.41, 5.74) is 13.3. The molecule has 1 heterocycles. The van der Waals surface area contributed by atoms with Crippen LogP contribution in [0.3, 0.4) is 0 Å². The van der Waals surface area contributed by atoms with E-state index in [0.717, 1.165) is 61.4 Å². The molecule has 0 bridgehead atoms. The van der Waals surface area contributed by atoms with Crippen molar-refractivity contribution in [2.45, 2.75) is 64.1 Å². The smallest absolute Gasteiger partial charge is 0.153 e. The molecule has 1 fully saturated rings. The maximum atomic E-state index is 11.3. The Kier molecular flexibility index (Phi) is 4.25. The van der Waals surface area contributed by atoms with E-state index in [1.165, 1.54) is 22.3 Å². The van der Waals surface area contributed by atoms with Gasteiger partial charge in [-0.3, -0.25) is 5.10 Å². The largest absolute Gasteiger partial charge is 0.393 e. The second kappa shape index (κ2) is 6.81. The zero-order valence-electron chi connectivity index (χ0n) is 18.1. The SMILES string of the molecule is CC12CC(O)C3=C(CCC4CCC(O)CC4=C3)C1CC=C2c1ccc2c(N)n[nH]c2c1. The molecule has 5 N–H and O–H groups in total. The number of hydrogen-bond acceptors (Lipinski definition) is 4. The quantitative estimate of drug-likeness (QED) is 0.549. The van der Waals surface area contributed by atoms with Crippen LogP contribution in [-0.4, -0.2) is 32.6 Å². The minimum atomic E-state index is -0.449. The van der Waals surface area contributed by atoms with Crippen LogP contribution in [-0.2, 0) is 0 Å². The van der Waals surface area contributed by atoms with E-state index in [-0.39, 0.29) is 11.5 Å². The Labute approximate surface area is 182 Å². The summed E-state index contributed by atoms with van der Waals surface area (Å²) in [7, 11) is 0. The van der Waals surface area contributed by atoms with Crippen molar-refractivity contribution in [3.8, 4) is 0 Å². The number of aromatic amines is 1. The number of aliphatic hydroxyl groups is 2. The molecule has 0 spiro atoms. The van der Waals surface area contributed by atoms with Crippen LogP contribution in [0.4, 0.5) is 5.82 Å². The van der Waals surface area contributed by atoms with Crippen molar-refractivity contribution in [1.29, 1.82) is 0 Å². The van der Waals surface area contributed by atoms with E-state index in [4.69, 9.17) is 5.73 Å². The van der Waals surface area contributed by atoms with Gasteiger partial charge in [-0.05, 0) is 85.6 Å². The van der Waals surface area contributed by atoms with E-state index in [0.29, 0.717) is 17.7 Å². The van der Waals surface area contributed by atoms with Gasteiger partial charge in [0.15, 0.2) is 5.82 Å². The highest BCUT2D eigenvalue weighted by molar-refractivity contribution is 5.91. The third-order valence-electron chi connectivity index (χ3n) is 8.56. The lowest BCUT2D eigenvalue weighted by Crippen LogP contribution is -2.37. The van der Waals surface area contributed by atoms with Gasteiger partial charge in [0.25, 0.3) is 0 Å². The molecule has 31 heavy (non-hydrogen) atoms. The predicted octanol–water partition coefficient (Wildman–Crippen LogP) is 4.50. The van der Waals surface area contributed by atoms with Crippen LogP contribution in [0.25, 0.3) is 16.5 Å². The van der Waals surface area contributed by atoms with Gasteiger partial charge in [-0.2, -0.15) is 5.10 Å². The molecule has 5 nitrogen and oxygen atoms in total. The van der Waals surface area contributed by atoms with Gasteiger partial charge in [-0.1, -0.05) is 36.3 Å². The molecule has 2 aromatic rings. The Hall–Kier alpha value is -2.37. The molecule has 5 unspecified atom stereocenters. The Morgan fingerprint density at radius 1 is 1.19 bits per heavy atom. The molecule has 1 aromatic carbocycles. The number of fused-ring (bicyclic) bond motifs is 4. The van der Waals surface area contributed by atoms with Crippen LogP contribution < -0.4 is 5.73 Å². The van der Waals surface area contributed by atoms with Crippen LogP contribution in [0.15, 0.2) is 47.1 Å². The normalized spacial score (nSPS) is 35.2. The molecule has 4 aliphatic rings. The van der Waals surface area contributed by atoms with Gasteiger partial charge in [0.05, 0.1) is 17.7 Å². The lowest BCUT2D eigenvalue weighted by molar-refractivity contribution is 0.124. The number of hydrogen-bond donors (Lipinski definition) is 4. The molecule has 4 aliphatic carbocycles. The minimum Gasteiger partial charge on any atom is -0.393 e. The Morgan fingerprint density at radius 2 is 2.06 bits per heavy atom. The van der Waals surface area contributed by atoms with Crippen LogP contribution in [0, 0.1) is 17.3 Å². The van der Waals surface area contributed by atoms with Crippen LogP contribution in [0.2, 0.25) is 0 Å². The Morgan fingerprint density at radius 3 is 2.94 bits per heavy atom. The number of anilines is 1. The van der Waals surface area contributed by atoms with Gasteiger partial charge < -0.3 is 15.9 Å². The van der Waals surface area contributed by atoms with Crippen molar-refractivity contribution in [3.63, 3.8) is 0 Å². The van der Waals surface area contributed by atoms with Gasteiger partial charge in [0.1, 0.15) is 0 Å². The molecular weight excluding hydrogens is 386 g/mol. The lowest BCUT2D eigenvalue weighted by Gasteiger charge is -2.43. The summed E-state index contributed by atoms with van der Waals surface area (Å²) < 4.78 is 0. The molecule has 0 radical (unpaired) electrons. The first-order valence-corrected chi connectivity index (χ1v) is 11.7. The third-order valence-corrected chi connectivity index (χ3v) is 8.56. The van der Waals surface area contributed by atoms with Crippen molar-refractivity contribution in [2.75, 3.05) is 5.73 Å². The van der Waals surface area contributed by atoms with E-state index in [2.05, 4.69) is 47.5 Å². The monoisotopic (exact) mass is 417 g/mol. The summed E-state index contributed by atoms with van der Waals surface area (Å²) in [6, 6.07) is 6.35. The van der Waals surface area contributed by atoms with Crippen molar-refractivity contribution < 1.29 is 10.2 Å². The predicted molar refractivity (Wildman–Crippen MR) is 123 cm³/mol. The van der Waals surface area contributed by atoms with Crippen molar-refractivity contribution in [3.05, 3.63) is 52.6 Å². The summed E-state index contributed by atoms with van der Waals surface area (Å²) in [5.74, 6) is 1.53. The summed E-state index contributed by atoms with van der Waals surface area (Å²) in [6.07, 6.45) is 10.7. The van der Waals surface area contributed by atoms with E-state index >= 15 is 0 Å². The highest BCUT2D eigenvalue weighted by Crippen LogP contribution is 2.59. The summed E-state index contributed by atoms with van der Waals surface area (Å²) >= 11 is 0. The fraction of sp³-hybridized carbons (Fsp3) is 0.500. The van der Waals surface area contributed by atoms with Crippen molar-refractivity contribution in [1.82, 2.24) is 10.2 Å². The third kappa shape index (κ3) is 2.86. The van der Waals surface area contributed by atoms with Gasteiger partial charge in [-0.15, -0.1) is 0 Å². The number of nitrogens with two attached hydrogens (primary N) is 1. The molecule has 1 aromatic heterocycles. The van der Waals surface area contributed by atoms with E-state index < -0.39 is 6.10 Å². The topological polar surface area (TPSA) is 95.2 Å². The number of aliphatic hydroxyl groups excluding tert-OH is 2. The summed E-state index contributed by atoms with van der Waals surface area (Å²) in [5, 5.41) is 29.6. The van der Waals surface area contributed by atoms with Gasteiger partial charge in [0, 0.05) is 10.8 Å². The minimum absolute atomic E-state index is 0.0783. The highest BCUT2D eigenvalue weighted by atomic mass is 16.3. The van der Waals surface area contributed by atoms with E-state index in [9.17, 15) is 10.2 Å². The highest BCUT2D eigenvalue weighted by Gasteiger charge is 2.49. The summed E-state index contributed by atoms with van der Waals surface area (Å²) in [4.78, 5) is 0. The standard InChI is InChI=1S/C26H31N3O2/c1-26-13-24(31)20-11-16-10-17(30)5-2-14(16)3-6-18(20)22(26)9-8-21(26)15-4-7-19-23(12-15)28-29-25(19)27/h4,7-8,11-12,14,17,22,24,30-31H,2-3,5-6,9-10,13H2,1H3,(H3,27,28,29). The lowest BCUT2D eigenvalue weighted by atomic mass is 9.61.